The first-order valence-corrected chi connectivity index (χ1v) is 6.04. The van der Waals surface area contributed by atoms with E-state index in [0.717, 1.165) is 0 Å². The number of carbonyl (C=O) groups excluding carboxylic acids is 1. The molecule has 0 aliphatic carbocycles. The summed E-state index contributed by atoms with van der Waals surface area (Å²) in [5.74, 6) is 0.378. The Morgan fingerprint density at radius 2 is 2.16 bits per heavy atom. The summed E-state index contributed by atoms with van der Waals surface area (Å²) in [7, 11) is 2.94. The standard InChI is InChI=1S/C11H17ClN4O3/c1-18-6-5-16(4-3-8(17)19-2)11-9(12)10(13)14-7-15-11/h7H,3-6H2,1-2H3,(H2,13,14,15). The number of aromatic nitrogens is 2. The van der Waals surface area contributed by atoms with Crippen molar-refractivity contribution in [3.05, 3.63) is 11.3 Å². The summed E-state index contributed by atoms with van der Waals surface area (Å²) in [6.07, 6.45) is 1.55. The molecule has 0 spiro atoms. The van der Waals surface area contributed by atoms with Crippen LogP contribution in [0.2, 0.25) is 5.02 Å². The molecule has 0 saturated carbocycles. The minimum atomic E-state index is -0.305. The summed E-state index contributed by atoms with van der Waals surface area (Å²) < 4.78 is 9.63. The minimum Gasteiger partial charge on any atom is -0.469 e. The van der Waals surface area contributed by atoms with Gasteiger partial charge in [0.25, 0.3) is 0 Å². The zero-order chi connectivity index (χ0) is 14.3. The average molecular weight is 289 g/mol. The Bertz CT molecular complexity index is 430. The highest BCUT2D eigenvalue weighted by Crippen LogP contribution is 2.26. The zero-order valence-corrected chi connectivity index (χ0v) is 11.7. The Morgan fingerprint density at radius 1 is 1.42 bits per heavy atom. The van der Waals surface area contributed by atoms with Gasteiger partial charge in [0.1, 0.15) is 17.2 Å². The topological polar surface area (TPSA) is 90.6 Å². The largest absolute Gasteiger partial charge is 0.469 e. The molecule has 19 heavy (non-hydrogen) atoms. The van der Waals surface area contributed by atoms with Gasteiger partial charge in [-0.2, -0.15) is 0 Å². The van der Waals surface area contributed by atoms with Crippen molar-refractivity contribution in [2.45, 2.75) is 6.42 Å². The highest BCUT2D eigenvalue weighted by atomic mass is 35.5. The Kier molecular flexibility index (Phi) is 6.31. The molecule has 0 amide bonds. The molecule has 0 aliphatic rings. The summed E-state index contributed by atoms with van der Waals surface area (Å²) >= 11 is 6.07. The van der Waals surface area contributed by atoms with Gasteiger partial charge in [-0.1, -0.05) is 11.6 Å². The van der Waals surface area contributed by atoms with Gasteiger partial charge in [0, 0.05) is 20.2 Å². The highest BCUT2D eigenvalue weighted by molar-refractivity contribution is 6.35. The number of nitrogens with zero attached hydrogens (tertiary/aromatic N) is 3. The van der Waals surface area contributed by atoms with Crippen LogP contribution in [0.15, 0.2) is 6.33 Å². The third kappa shape index (κ3) is 4.53. The van der Waals surface area contributed by atoms with E-state index in [1.807, 2.05) is 0 Å². The van der Waals surface area contributed by atoms with E-state index < -0.39 is 0 Å². The fraction of sp³-hybridized carbons (Fsp3) is 0.545. The predicted octanol–water partition coefficient (Wildman–Crippen LogP) is 0.728. The van der Waals surface area contributed by atoms with E-state index >= 15 is 0 Å². The van der Waals surface area contributed by atoms with Crippen molar-refractivity contribution in [1.82, 2.24) is 9.97 Å². The average Bonchev–Trinajstić information content (AvgIpc) is 2.42. The van der Waals surface area contributed by atoms with Crippen molar-refractivity contribution in [3.8, 4) is 0 Å². The number of halogens is 1. The van der Waals surface area contributed by atoms with E-state index in [1.165, 1.54) is 13.4 Å². The summed E-state index contributed by atoms with van der Waals surface area (Å²) in [5.41, 5.74) is 5.64. The van der Waals surface area contributed by atoms with Gasteiger partial charge >= 0.3 is 5.97 Å². The molecule has 1 heterocycles. The SMILES string of the molecule is COCCN(CCC(=O)OC)c1ncnc(N)c1Cl. The molecule has 0 bridgehead atoms. The summed E-state index contributed by atoms with van der Waals surface area (Å²) in [5, 5.41) is 0.267. The van der Waals surface area contributed by atoms with Crippen LogP contribution in [0.5, 0.6) is 0 Å². The molecule has 8 heteroatoms. The van der Waals surface area contributed by atoms with Crippen LogP contribution in [0.3, 0.4) is 0 Å². The second-order valence-electron chi connectivity index (χ2n) is 3.70. The minimum absolute atomic E-state index is 0.201. The molecule has 0 aromatic carbocycles. The van der Waals surface area contributed by atoms with E-state index in [2.05, 4.69) is 14.7 Å². The molecule has 1 rings (SSSR count). The highest BCUT2D eigenvalue weighted by Gasteiger charge is 2.16. The first-order valence-electron chi connectivity index (χ1n) is 5.66. The van der Waals surface area contributed by atoms with E-state index in [-0.39, 0.29) is 23.2 Å². The zero-order valence-electron chi connectivity index (χ0n) is 10.9. The van der Waals surface area contributed by atoms with Crippen molar-refractivity contribution in [2.24, 2.45) is 0 Å². The van der Waals surface area contributed by atoms with Crippen molar-refractivity contribution < 1.29 is 14.3 Å². The van der Waals surface area contributed by atoms with E-state index in [4.69, 9.17) is 22.1 Å². The van der Waals surface area contributed by atoms with Gasteiger partial charge < -0.3 is 20.1 Å². The first-order chi connectivity index (χ1) is 9.10. The van der Waals surface area contributed by atoms with Gasteiger partial charge in [0.05, 0.1) is 20.1 Å². The number of hydrogen-bond acceptors (Lipinski definition) is 7. The van der Waals surface area contributed by atoms with Gasteiger partial charge in [-0.05, 0) is 0 Å². The summed E-state index contributed by atoms with van der Waals surface area (Å²) in [6, 6.07) is 0. The second-order valence-corrected chi connectivity index (χ2v) is 4.08. The Morgan fingerprint density at radius 3 is 2.79 bits per heavy atom. The van der Waals surface area contributed by atoms with Crippen LogP contribution >= 0.6 is 11.6 Å². The molecule has 0 radical (unpaired) electrons. The molecule has 1 aromatic rings. The summed E-state index contributed by atoms with van der Waals surface area (Å²) in [6.45, 7) is 1.41. The lowest BCUT2D eigenvalue weighted by Crippen LogP contribution is -2.31. The maximum atomic E-state index is 11.2. The molecule has 0 aliphatic heterocycles. The smallest absolute Gasteiger partial charge is 0.307 e. The van der Waals surface area contributed by atoms with Crippen LogP contribution in [0.25, 0.3) is 0 Å². The second kappa shape index (κ2) is 7.75. The number of esters is 1. The third-order valence-electron chi connectivity index (χ3n) is 2.48. The van der Waals surface area contributed by atoms with Crippen LogP contribution < -0.4 is 10.6 Å². The lowest BCUT2D eigenvalue weighted by Gasteiger charge is -2.23. The third-order valence-corrected chi connectivity index (χ3v) is 2.84. The molecule has 0 fully saturated rings. The van der Waals surface area contributed by atoms with Gasteiger partial charge in [0.2, 0.25) is 0 Å². The van der Waals surface area contributed by atoms with E-state index in [1.54, 1.807) is 12.0 Å². The van der Waals surface area contributed by atoms with Crippen LogP contribution in [0.4, 0.5) is 11.6 Å². The van der Waals surface area contributed by atoms with Gasteiger partial charge in [-0.3, -0.25) is 4.79 Å². The van der Waals surface area contributed by atoms with Crippen LogP contribution in [-0.2, 0) is 14.3 Å². The lowest BCUT2D eigenvalue weighted by molar-refractivity contribution is -0.140. The number of methoxy groups -OCH3 is 2. The Labute approximate surface area is 116 Å². The van der Waals surface area contributed by atoms with Gasteiger partial charge in [-0.25, -0.2) is 9.97 Å². The molecule has 1 aromatic heterocycles. The Hall–Kier alpha value is -1.60. The molecular formula is C11H17ClN4O3. The number of ether oxygens (including phenoxy) is 2. The van der Waals surface area contributed by atoms with Crippen LogP contribution in [0.1, 0.15) is 6.42 Å². The lowest BCUT2D eigenvalue weighted by atomic mass is 10.3. The molecular weight excluding hydrogens is 272 g/mol. The number of nitrogen functional groups attached to an aromatic ring is 1. The van der Waals surface area contributed by atoms with E-state index in [0.29, 0.717) is 25.5 Å². The number of hydrogen-bond donors (Lipinski definition) is 1. The maximum Gasteiger partial charge on any atom is 0.307 e. The summed E-state index contributed by atoms with van der Waals surface area (Å²) in [4.78, 5) is 20.9. The molecule has 0 saturated heterocycles. The van der Waals surface area contributed by atoms with Crippen molar-refractivity contribution in [1.29, 1.82) is 0 Å². The molecule has 7 nitrogen and oxygen atoms in total. The number of nitrogens with two attached hydrogens (primary N) is 1. The molecule has 0 atom stereocenters. The molecule has 0 unspecified atom stereocenters. The van der Waals surface area contributed by atoms with Crippen molar-refractivity contribution >= 4 is 29.2 Å². The number of anilines is 2. The van der Waals surface area contributed by atoms with Gasteiger partial charge in [0.15, 0.2) is 5.82 Å². The predicted molar refractivity (Wildman–Crippen MR) is 72.2 cm³/mol. The van der Waals surface area contributed by atoms with Crippen molar-refractivity contribution in [2.75, 3.05) is 44.5 Å². The monoisotopic (exact) mass is 288 g/mol. The quantitative estimate of drug-likeness (QED) is 0.740. The van der Waals surface area contributed by atoms with Gasteiger partial charge in [-0.15, -0.1) is 0 Å². The van der Waals surface area contributed by atoms with E-state index in [9.17, 15) is 4.79 Å². The molecule has 106 valence electrons. The van der Waals surface area contributed by atoms with Crippen LogP contribution in [0, 0.1) is 0 Å². The normalized spacial score (nSPS) is 10.3. The first kappa shape index (κ1) is 15.5. The number of rotatable bonds is 7. The molecule has 2 N–H and O–H groups in total. The fourth-order valence-corrected chi connectivity index (χ4v) is 1.66. The van der Waals surface area contributed by atoms with Crippen molar-refractivity contribution in [3.63, 3.8) is 0 Å². The maximum absolute atomic E-state index is 11.2. The Balaban J connectivity index is 2.83. The fourth-order valence-electron chi connectivity index (χ4n) is 1.45. The number of carbonyl (C=O) groups is 1. The van der Waals surface area contributed by atoms with Crippen LogP contribution in [-0.4, -0.2) is 49.9 Å².